The van der Waals surface area contributed by atoms with E-state index in [4.69, 9.17) is 0 Å². The third-order valence-electron chi connectivity index (χ3n) is 5.17. The number of benzene rings is 2. The van der Waals surface area contributed by atoms with Gasteiger partial charge in [0.2, 0.25) is 0 Å². The number of hydrogen-bond donors (Lipinski definition) is 4. The minimum absolute atomic E-state index is 0.0189. The summed E-state index contributed by atoms with van der Waals surface area (Å²) in [5, 5.41) is 25.7. The average Bonchev–Trinajstić information content (AvgIpc) is 2.99. The fourth-order valence-electron chi connectivity index (χ4n) is 4.08. The molecule has 1 saturated heterocycles. The smallest absolute Gasteiger partial charge is 0.336 e. The summed E-state index contributed by atoms with van der Waals surface area (Å²) in [6.07, 6.45) is 0.468. The molecule has 25 heavy (non-hydrogen) atoms. The lowest BCUT2D eigenvalue weighted by Gasteiger charge is -2.39. The summed E-state index contributed by atoms with van der Waals surface area (Å²) < 4.78 is 0. The summed E-state index contributed by atoms with van der Waals surface area (Å²) in [5.74, 6) is -1.91. The zero-order valence-electron chi connectivity index (χ0n) is 13.3. The minimum Gasteiger partial charge on any atom is -0.480 e. The standard InChI is InChI=1S/C19H18N2O4/c22-18(23)12-7-2-1-6-11(12)16-17-13(9-15(21-16)19(24)25)10-5-3-4-8-14(10)20-17/h1-8,13,15-17,20-21H,9H2,(H,22,23)(H,24,25)/t13-,15+,16+,17-/m0/s1. The van der Waals surface area contributed by atoms with Gasteiger partial charge in [0.05, 0.1) is 17.6 Å². The highest BCUT2D eigenvalue weighted by molar-refractivity contribution is 5.89. The molecule has 4 N–H and O–H groups in total. The highest BCUT2D eigenvalue weighted by atomic mass is 16.4. The van der Waals surface area contributed by atoms with Crippen molar-refractivity contribution in [2.45, 2.75) is 30.5 Å². The van der Waals surface area contributed by atoms with Gasteiger partial charge in [0.15, 0.2) is 0 Å². The van der Waals surface area contributed by atoms with Crippen molar-refractivity contribution in [3.8, 4) is 0 Å². The van der Waals surface area contributed by atoms with Crippen LogP contribution in [0.5, 0.6) is 0 Å². The predicted molar refractivity (Wildman–Crippen MR) is 91.9 cm³/mol. The summed E-state index contributed by atoms with van der Waals surface area (Å²) in [6, 6.07) is 13.4. The van der Waals surface area contributed by atoms with E-state index < -0.39 is 24.0 Å². The molecule has 2 aliphatic rings. The molecule has 0 radical (unpaired) electrons. The van der Waals surface area contributed by atoms with Gasteiger partial charge in [0, 0.05) is 11.6 Å². The molecule has 0 aromatic heterocycles. The molecule has 4 rings (SSSR count). The molecule has 2 aliphatic heterocycles. The van der Waals surface area contributed by atoms with E-state index in [1.165, 1.54) is 0 Å². The summed E-state index contributed by atoms with van der Waals surface area (Å²) in [7, 11) is 0. The zero-order valence-corrected chi connectivity index (χ0v) is 13.3. The van der Waals surface area contributed by atoms with Crippen LogP contribution < -0.4 is 10.6 Å². The van der Waals surface area contributed by atoms with Gasteiger partial charge in [-0.25, -0.2) is 4.79 Å². The van der Waals surface area contributed by atoms with Crippen molar-refractivity contribution in [1.29, 1.82) is 0 Å². The molecule has 2 heterocycles. The number of piperidine rings is 1. The molecule has 0 amide bonds. The zero-order chi connectivity index (χ0) is 17.6. The quantitative estimate of drug-likeness (QED) is 0.686. The number of nitrogens with one attached hydrogen (secondary N) is 2. The van der Waals surface area contributed by atoms with Crippen molar-refractivity contribution in [3.05, 3.63) is 65.2 Å². The molecule has 0 aliphatic carbocycles. The Bertz CT molecular complexity index is 851. The van der Waals surface area contributed by atoms with Crippen molar-refractivity contribution in [2.24, 2.45) is 0 Å². The van der Waals surface area contributed by atoms with E-state index in [1.807, 2.05) is 24.3 Å². The number of aliphatic carboxylic acids is 1. The van der Waals surface area contributed by atoms with Crippen molar-refractivity contribution >= 4 is 17.6 Å². The third kappa shape index (κ3) is 2.55. The monoisotopic (exact) mass is 338 g/mol. The fourth-order valence-corrected chi connectivity index (χ4v) is 4.08. The first-order valence-electron chi connectivity index (χ1n) is 8.23. The Morgan fingerprint density at radius 1 is 0.960 bits per heavy atom. The lowest BCUT2D eigenvalue weighted by atomic mass is 9.78. The Labute approximate surface area is 144 Å². The SMILES string of the molecule is O=C(O)c1ccccc1[C@H]1N[C@@H](C(=O)O)C[C@H]2c3ccccc3N[C@H]12. The summed E-state index contributed by atoms with van der Waals surface area (Å²) in [5.41, 5.74) is 2.89. The van der Waals surface area contributed by atoms with Crippen LogP contribution in [-0.4, -0.2) is 34.2 Å². The predicted octanol–water partition coefficient (Wildman–Crippen LogP) is 2.45. The summed E-state index contributed by atoms with van der Waals surface area (Å²) in [4.78, 5) is 23.3. The molecule has 1 fully saturated rings. The number of carbonyl (C=O) groups is 2. The lowest BCUT2D eigenvalue weighted by Crippen LogP contribution is -2.52. The lowest BCUT2D eigenvalue weighted by molar-refractivity contribution is -0.140. The number of para-hydroxylation sites is 1. The van der Waals surface area contributed by atoms with Gasteiger partial charge in [0.25, 0.3) is 0 Å². The molecule has 0 spiro atoms. The number of aromatic carboxylic acids is 1. The van der Waals surface area contributed by atoms with Crippen LogP contribution in [-0.2, 0) is 4.79 Å². The van der Waals surface area contributed by atoms with E-state index in [-0.39, 0.29) is 17.5 Å². The normalized spacial score (nSPS) is 27.0. The van der Waals surface area contributed by atoms with Gasteiger partial charge < -0.3 is 15.5 Å². The van der Waals surface area contributed by atoms with Gasteiger partial charge in [-0.05, 0) is 29.7 Å². The molecule has 0 bridgehead atoms. The minimum atomic E-state index is -1.01. The van der Waals surface area contributed by atoms with Gasteiger partial charge in [-0.15, -0.1) is 0 Å². The fraction of sp³-hybridized carbons (Fsp3) is 0.263. The number of fused-ring (bicyclic) bond motifs is 3. The van der Waals surface area contributed by atoms with Gasteiger partial charge in [-0.1, -0.05) is 36.4 Å². The first kappa shape index (κ1) is 15.7. The Balaban J connectivity index is 1.80. The van der Waals surface area contributed by atoms with Crippen LogP contribution in [0.1, 0.15) is 39.9 Å². The maximum atomic E-state index is 11.7. The Morgan fingerprint density at radius 2 is 1.64 bits per heavy atom. The second kappa shape index (κ2) is 5.89. The highest BCUT2D eigenvalue weighted by Crippen LogP contribution is 2.46. The molecule has 6 heteroatoms. The third-order valence-corrected chi connectivity index (χ3v) is 5.17. The van der Waals surface area contributed by atoms with Crippen molar-refractivity contribution in [3.63, 3.8) is 0 Å². The molecular weight excluding hydrogens is 320 g/mol. The van der Waals surface area contributed by atoms with E-state index in [2.05, 4.69) is 10.6 Å². The first-order valence-corrected chi connectivity index (χ1v) is 8.23. The molecule has 2 aromatic carbocycles. The second-order valence-corrected chi connectivity index (χ2v) is 6.53. The molecule has 0 unspecified atom stereocenters. The van der Waals surface area contributed by atoms with Crippen LogP contribution in [0.3, 0.4) is 0 Å². The molecule has 4 atom stereocenters. The number of rotatable bonds is 3. The van der Waals surface area contributed by atoms with E-state index in [9.17, 15) is 19.8 Å². The van der Waals surface area contributed by atoms with E-state index >= 15 is 0 Å². The summed E-state index contributed by atoms with van der Waals surface area (Å²) in [6.45, 7) is 0. The number of carboxylic acid groups (broad SMARTS) is 2. The Morgan fingerprint density at radius 3 is 2.36 bits per heavy atom. The summed E-state index contributed by atoms with van der Waals surface area (Å²) >= 11 is 0. The second-order valence-electron chi connectivity index (χ2n) is 6.53. The van der Waals surface area contributed by atoms with Gasteiger partial charge in [0.1, 0.15) is 6.04 Å². The van der Waals surface area contributed by atoms with Crippen LogP contribution in [0, 0.1) is 0 Å². The van der Waals surface area contributed by atoms with Gasteiger partial charge in [-0.2, -0.15) is 0 Å². The van der Waals surface area contributed by atoms with Crippen molar-refractivity contribution in [1.82, 2.24) is 5.32 Å². The van der Waals surface area contributed by atoms with Crippen LogP contribution in [0.2, 0.25) is 0 Å². The van der Waals surface area contributed by atoms with Crippen LogP contribution in [0.4, 0.5) is 5.69 Å². The molecule has 0 saturated carbocycles. The number of anilines is 1. The van der Waals surface area contributed by atoms with Crippen LogP contribution >= 0.6 is 0 Å². The molecular formula is C19H18N2O4. The van der Waals surface area contributed by atoms with Crippen molar-refractivity contribution in [2.75, 3.05) is 5.32 Å². The van der Waals surface area contributed by atoms with Gasteiger partial charge in [-0.3, -0.25) is 10.1 Å². The van der Waals surface area contributed by atoms with Gasteiger partial charge >= 0.3 is 11.9 Å². The van der Waals surface area contributed by atoms with Crippen LogP contribution in [0.25, 0.3) is 0 Å². The maximum Gasteiger partial charge on any atom is 0.336 e. The number of hydrogen-bond acceptors (Lipinski definition) is 4. The molecule has 128 valence electrons. The average molecular weight is 338 g/mol. The molecule has 2 aromatic rings. The topological polar surface area (TPSA) is 98.7 Å². The van der Waals surface area contributed by atoms with Crippen molar-refractivity contribution < 1.29 is 19.8 Å². The van der Waals surface area contributed by atoms with E-state index in [0.717, 1.165) is 11.3 Å². The molecule has 6 nitrogen and oxygen atoms in total. The van der Waals surface area contributed by atoms with Crippen LogP contribution in [0.15, 0.2) is 48.5 Å². The maximum absolute atomic E-state index is 11.7. The first-order chi connectivity index (χ1) is 12.1. The Kier molecular flexibility index (Phi) is 3.69. The van der Waals surface area contributed by atoms with E-state index in [1.54, 1.807) is 24.3 Å². The van der Waals surface area contributed by atoms with E-state index in [0.29, 0.717) is 12.0 Å². The largest absolute Gasteiger partial charge is 0.480 e. The highest BCUT2D eigenvalue weighted by Gasteiger charge is 2.46. The Hall–Kier alpha value is -2.86. The number of carboxylic acids is 2.